The van der Waals surface area contributed by atoms with Crippen LogP contribution in [0.15, 0.2) is 83.8 Å². The molecule has 0 bridgehead atoms. The van der Waals surface area contributed by atoms with Crippen molar-refractivity contribution in [3.8, 4) is 0 Å². The van der Waals surface area contributed by atoms with Gasteiger partial charge in [-0.2, -0.15) is 0 Å². The molecule has 1 amide bonds. The Morgan fingerprint density at radius 3 is 2.31 bits per heavy atom. The predicted molar refractivity (Wildman–Crippen MR) is 139 cm³/mol. The number of hydrogen-bond donors (Lipinski definition) is 1. The van der Waals surface area contributed by atoms with Gasteiger partial charge >= 0.3 is 0 Å². The van der Waals surface area contributed by atoms with E-state index in [1.54, 1.807) is 12.3 Å². The average Bonchev–Trinajstić information content (AvgIpc) is 2.88. The lowest BCUT2D eigenvalue weighted by atomic mass is 10.1. The maximum atomic E-state index is 15.2. The van der Waals surface area contributed by atoms with Gasteiger partial charge < -0.3 is 14.8 Å². The Morgan fingerprint density at radius 2 is 1.66 bits per heavy atom. The lowest BCUT2D eigenvalue weighted by Gasteiger charge is -2.22. The first-order valence-electron chi connectivity index (χ1n) is 11.9. The van der Waals surface area contributed by atoms with Gasteiger partial charge in [-0.15, -0.1) is 0 Å². The van der Waals surface area contributed by atoms with E-state index < -0.39 is 17.2 Å². The number of unbranched alkanes of at least 4 members (excludes halogenated alkanes) is 1. The van der Waals surface area contributed by atoms with Crippen molar-refractivity contribution in [2.24, 2.45) is 0 Å². The van der Waals surface area contributed by atoms with Crippen molar-refractivity contribution in [1.29, 1.82) is 0 Å². The third kappa shape index (κ3) is 5.60. The molecule has 0 unspecified atom stereocenters. The molecule has 0 aliphatic carbocycles. The molecular formula is C29H30FN3O2. The molecule has 180 valence electrons. The fraction of sp³-hybridized carbons (Fsp3) is 0.241. The van der Waals surface area contributed by atoms with Crippen LogP contribution in [0.25, 0.3) is 10.9 Å². The second-order valence-corrected chi connectivity index (χ2v) is 8.75. The minimum atomic E-state index is -0.489. The second kappa shape index (κ2) is 11.0. The Kier molecular flexibility index (Phi) is 7.60. The molecule has 35 heavy (non-hydrogen) atoms. The number of nitrogens with one attached hydrogen (secondary N) is 1. The predicted octanol–water partition coefficient (Wildman–Crippen LogP) is 5.51. The number of carbonyl (C=O) groups excluding carboxylic acids is 1. The Morgan fingerprint density at radius 1 is 1.00 bits per heavy atom. The van der Waals surface area contributed by atoms with E-state index in [1.165, 1.54) is 6.07 Å². The highest BCUT2D eigenvalue weighted by molar-refractivity contribution is 5.97. The van der Waals surface area contributed by atoms with Gasteiger partial charge in [-0.25, -0.2) is 4.39 Å². The van der Waals surface area contributed by atoms with Crippen molar-refractivity contribution in [3.63, 3.8) is 0 Å². The zero-order chi connectivity index (χ0) is 24.8. The fourth-order valence-electron chi connectivity index (χ4n) is 4.18. The first-order valence-corrected chi connectivity index (χ1v) is 11.9. The molecule has 1 N–H and O–H groups in total. The van der Waals surface area contributed by atoms with E-state index in [0.29, 0.717) is 30.8 Å². The van der Waals surface area contributed by atoms with Gasteiger partial charge in [-0.1, -0.05) is 74.0 Å². The summed E-state index contributed by atoms with van der Waals surface area (Å²) in [5.41, 5.74) is 2.59. The number of aryl methyl sites for hydroxylation is 1. The van der Waals surface area contributed by atoms with E-state index in [2.05, 4.69) is 12.2 Å². The summed E-state index contributed by atoms with van der Waals surface area (Å²) in [7, 11) is 1.83. The Bertz CT molecular complexity index is 1370. The van der Waals surface area contributed by atoms with Gasteiger partial charge in [-0.3, -0.25) is 9.59 Å². The largest absolute Gasteiger partial charge is 0.368 e. The summed E-state index contributed by atoms with van der Waals surface area (Å²) in [4.78, 5) is 28.1. The first-order chi connectivity index (χ1) is 17.0. The molecule has 0 saturated carbocycles. The Balaban J connectivity index is 1.71. The van der Waals surface area contributed by atoms with Gasteiger partial charge in [0.25, 0.3) is 5.91 Å². The van der Waals surface area contributed by atoms with E-state index in [-0.39, 0.29) is 10.9 Å². The maximum Gasteiger partial charge on any atom is 0.257 e. The van der Waals surface area contributed by atoms with Gasteiger partial charge in [0.15, 0.2) is 0 Å². The SMILES string of the molecule is CCCCn1cc(C(=O)NCc2ccccc2)c(=O)c2cc(F)c(N(C)Cc3ccccc3)cc21. The molecule has 0 saturated heterocycles. The number of carbonyl (C=O) groups is 1. The summed E-state index contributed by atoms with van der Waals surface area (Å²) in [5, 5.41) is 3.03. The molecule has 0 spiro atoms. The summed E-state index contributed by atoms with van der Waals surface area (Å²) >= 11 is 0. The Labute approximate surface area is 204 Å². The number of nitrogens with zero attached hydrogens (tertiary/aromatic N) is 2. The first kappa shape index (κ1) is 24.2. The van der Waals surface area contributed by atoms with E-state index >= 15 is 4.39 Å². The van der Waals surface area contributed by atoms with Crippen LogP contribution in [0.4, 0.5) is 10.1 Å². The highest BCUT2D eigenvalue weighted by atomic mass is 19.1. The lowest BCUT2D eigenvalue weighted by molar-refractivity contribution is 0.0949. The number of halogens is 1. The van der Waals surface area contributed by atoms with E-state index in [4.69, 9.17) is 0 Å². The average molecular weight is 472 g/mol. The third-order valence-corrected chi connectivity index (χ3v) is 6.12. The molecule has 6 heteroatoms. The quantitative estimate of drug-likeness (QED) is 0.350. The molecular weight excluding hydrogens is 441 g/mol. The zero-order valence-corrected chi connectivity index (χ0v) is 20.1. The topological polar surface area (TPSA) is 54.3 Å². The molecule has 1 aromatic heterocycles. The highest BCUT2D eigenvalue weighted by Gasteiger charge is 2.19. The van der Waals surface area contributed by atoms with Gasteiger partial charge in [0.2, 0.25) is 5.43 Å². The molecule has 0 fully saturated rings. The van der Waals surface area contributed by atoms with Crippen molar-refractivity contribution in [1.82, 2.24) is 9.88 Å². The zero-order valence-electron chi connectivity index (χ0n) is 20.1. The van der Waals surface area contributed by atoms with Crippen LogP contribution in [0.5, 0.6) is 0 Å². The van der Waals surface area contributed by atoms with Gasteiger partial charge in [0.05, 0.1) is 11.2 Å². The molecule has 0 atom stereocenters. The number of rotatable bonds is 9. The fourth-order valence-corrected chi connectivity index (χ4v) is 4.18. The van der Waals surface area contributed by atoms with Gasteiger partial charge in [0, 0.05) is 38.3 Å². The van der Waals surface area contributed by atoms with Gasteiger partial charge in [-0.05, 0) is 29.7 Å². The van der Waals surface area contributed by atoms with Crippen LogP contribution in [0.1, 0.15) is 41.3 Å². The number of benzene rings is 3. The standard InChI is InChI=1S/C29H30FN3O2/c1-3-4-15-33-20-24(29(35)31-18-21-11-7-5-8-12-21)28(34)23-16-25(30)27(17-26(23)33)32(2)19-22-13-9-6-10-14-22/h5-14,16-17,20H,3-4,15,18-19H2,1-2H3,(H,31,35). The molecule has 0 aliphatic rings. The number of hydrogen-bond acceptors (Lipinski definition) is 3. The minimum absolute atomic E-state index is 0.0225. The summed E-state index contributed by atoms with van der Waals surface area (Å²) < 4.78 is 17.1. The van der Waals surface area contributed by atoms with E-state index in [0.717, 1.165) is 24.0 Å². The van der Waals surface area contributed by atoms with Crippen molar-refractivity contribution in [3.05, 3.63) is 112 Å². The molecule has 3 aromatic carbocycles. The normalized spacial score (nSPS) is 10.9. The van der Waals surface area contributed by atoms with Crippen LogP contribution in [0.3, 0.4) is 0 Å². The number of aromatic nitrogens is 1. The van der Waals surface area contributed by atoms with Crippen LogP contribution in [0.2, 0.25) is 0 Å². The van der Waals surface area contributed by atoms with Crippen LogP contribution >= 0.6 is 0 Å². The monoisotopic (exact) mass is 471 g/mol. The van der Waals surface area contributed by atoms with Crippen molar-refractivity contribution < 1.29 is 9.18 Å². The van der Waals surface area contributed by atoms with Crippen LogP contribution in [-0.2, 0) is 19.6 Å². The Hall–Kier alpha value is -3.93. The van der Waals surface area contributed by atoms with E-state index in [9.17, 15) is 9.59 Å². The summed E-state index contributed by atoms with van der Waals surface area (Å²) in [6.07, 6.45) is 3.43. The summed E-state index contributed by atoms with van der Waals surface area (Å²) in [5.74, 6) is -0.950. The number of pyridine rings is 1. The van der Waals surface area contributed by atoms with Crippen molar-refractivity contribution >= 4 is 22.5 Å². The van der Waals surface area contributed by atoms with Crippen molar-refractivity contribution in [2.75, 3.05) is 11.9 Å². The summed E-state index contributed by atoms with van der Waals surface area (Å²) in [6.45, 7) is 3.54. The van der Waals surface area contributed by atoms with Crippen LogP contribution in [0, 0.1) is 5.82 Å². The smallest absolute Gasteiger partial charge is 0.257 e. The van der Waals surface area contributed by atoms with E-state index in [1.807, 2.05) is 77.2 Å². The number of fused-ring (bicyclic) bond motifs is 1. The highest BCUT2D eigenvalue weighted by Crippen LogP contribution is 2.26. The van der Waals surface area contributed by atoms with Crippen molar-refractivity contribution in [2.45, 2.75) is 39.4 Å². The summed E-state index contributed by atoms with van der Waals surface area (Å²) in [6, 6.07) is 22.3. The van der Waals surface area contributed by atoms with Gasteiger partial charge in [0.1, 0.15) is 11.4 Å². The maximum absolute atomic E-state index is 15.2. The molecule has 0 aliphatic heterocycles. The van der Waals surface area contributed by atoms with Crippen LogP contribution < -0.4 is 15.6 Å². The molecule has 5 nitrogen and oxygen atoms in total. The molecule has 4 rings (SSSR count). The third-order valence-electron chi connectivity index (χ3n) is 6.12. The minimum Gasteiger partial charge on any atom is -0.368 e. The number of amides is 1. The molecule has 1 heterocycles. The molecule has 0 radical (unpaired) electrons. The molecule has 4 aromatic rings. The lowest BCUT2D eigenvalue weighted by Crippen LogP contribution is -2.30. The number of anilines is 1. The second-order valence-electron chi connectivity index (χ2n) is 8.75. The van der Waals surface area contributed by atoms with Crippen LogP contribution in [-0.4, -0.2) is 17.5 Å².